The summed E-state index contributed by atoms with van der Waals surface area (Å²) in [6.45, 7) is 13.9. The third-order valence-corrected chi connectivity index (χ3v) is 13.0. The van der Waals surface area contributed by atoms with Gasteiger partial charge in [-0.05, 0) is 98.3 Å². The van der Waals surface area contributed by atoms with E-state index < -0.39 is 0 Å². The van der Waals surface area contributed by atoms with E-state index in [-0.39, 0.29) is 47.3 Å². The van der Waals surface area contributed by atoms with Crippen LogP contribution in [-0.2, 0) is 19.2 Å². The maximum absolute atomic E-state index is 13.7. The average molecular weight is 689 g/mol. The molecule has 2 saturated heterocycles. The van der Waals surface area contributed by atoms with Crippen molar-refractivity contribution in [3.8, 4) is 0 Å². The third-order valence-electron chi connectivity index (χ3n) is 13.0. The lowest BCUT2D eigenvalue weighted by molar-refractivity contribution is -0.124. The van der Waals surface area contributed by atoms with Crippen LogP contribution in [0.15, 0.2) is 24.3 Å². The summed E-state index contributed by atoms with van der Waals surface area (Å²) in [5, 5.41) is 0. The maximum Gasteiger partial charge on any atom is 0.237 e. The summed E-state index contributed by atoms with van der Waals surface area (Å²) in [7, 11) is 0. The Morgan fingerprint density at radius 1 is 0.480 bits per heavy atom. The highest BCUT2D eigenvalue weighted by Crippen LogP contribution is 2.46. The van der Waals surface area contributed by atoms with E-state index in [1.807, 2.05) is 0 Å². The quantitative estimate of drug-likeness (QED) is 0.144. The van der Waals surface area contributed by atoms with E-state index in [4.69, 9.17) is 0 Å². The van der Waals surface area contributed by atoms with Gasteiger partial charge in [0.1, 0.15) is 0 Å². The zero-order valence-corrected chi connectivity index (χ0v) is 32.3. The fourth-order valence-corrected chi connectivity index (χ4v) is 9.86. The van der Waals surface area contributed by atoms with Crippen molar-refractivity contribution < 1.29 is 19.2 Å². The number of anilines is 2. The second kappa shape index (κ2) is 17.8. The summed E-state index contributed by atoms with van der Waals surface area (Å²) in [6.07, 6.45) is 20.3. The van der Waals surface area contributed by atoms with Gasteiger partial charge in [-0.25, -0.2) is 0 Å². The molecule has 8 unspecified atom stereocenters. The molecule has 50 heavy (non-hydrogen) atoms. The van der Waals surface area contributed by atoms with Crippen molar-refractivity contribution in [1.82, 2.24) is 0 Å². The van der Waals surface area contributed by atoms with Crippen LogP contribution >= 0.6 is 0 Å². The van der Waals surface area contributed by atoms with Crippen LogP contribution < -0.4 is 9.80 Å². The molecule has 278 valence electrons. The molecule has 0 spiro atoms. The van der Waals surface area contributed by atoms with Gasteiger partial charge in [-0.3, -0.25) is 29.0 Å². The Balaban J connectivity index is 1.11. The van der Waals surface area contributed by atoms with Crippen LogP contribution in [-0.4, -0.2) is 23.6 Å². The standard InChI is InChI=1S/C44H68N2O4/c1-29(2)11-7-13-31(5)15-9-17-33-19-25-37-39(27-33)43(49)45(41(37)47)35-21-23-36(24-22-35)46-42(48)38-26-20-34(28-40(38)44(46)50)18-10-16-32(6)14-8-12-30(3)4/h21-24,29-34,37-40H,7-20,25-28H2,1-6H3. The molecule has 6 heteroatoms. The molecule has 4 aliphatic rings. The van der Waals surface area contributed by atoms with Crippen molar-refractivity contribution in [2.24, 2.45) is 59.2 Å². The lowest BCUT2D eigenvalue weighted by Crippen LogP contribution is -2.32. The van der Waals surface area contributed by atoms with E-state index in [9.17, 15) is 19.2 Å². The molecule has 1 aromatic carbocycles. The molecular formula is C44H68N2O4. The molecule has 2 aliphatic heterocycles. The Bertz CT molecular complexity index is 1200. The van der Waals surface area contributed by atoms with Gasteiger partial charge >= 0.3 is 0 Å². The number of imide groups is 2. The molecule has 0 bridgehead atoms. The Morgan fingerprint density at radius 2 is 0.820 bits per heavy atom. The van der Waals surface area contributed by atoms with E-state index in [2.05, 4.69) is 41.5 Å². The second-order valence-corrected chi connectivity index (χ2v) is 18.0. The molecule has 0 N–H and O–H groups in total. The van der Waals surface area contributed by atoms with Crippen LogP contribution in [0.5, 0.6) is 0 Å². The zero-order valence-electron chi connectivity index (χ0n) is 32.3. The predicted molar refractivity (Wildman–Crippen MR) is 203 cm³/mol. The number of carbonyl (C=O) groups is 4. The highest BCUT2D eigenvalue weighted by atomic mass is 16.2. The molecule has 2 saturated carbocycles. The number of hydrogen-bond donors (Lipinski definition) is 0. The fourth-order valence-electron chi connectivity index (χ4n) is 9.86. The third kappa shape index (κ3) is 9.48. The molecule has 6 nitrogen and oxygen atoms in total. The summed E-state index contributed by atoms with van der Waals surface area (Å²) in [6, 6.07) is 7.03. The Morgan fingerprint density at radius 3 is 1.18 bits per heavy atom. The van der Waals surface area contributed by atoms with Gasteiger partial charge in [-0.2, -0.15) is 0 Å². The first-order valence-electron chi connectivity index (χ1n) is 20.8. The molecule has 0 aromatic heterocycles. The lowest BCUT2D eigenvalue weighted by atomic mass is 9.73. The van der Waals surface area contributed by atoms with Gasteiger partial charge in [0, 0.05) is 0 Å². The van der Waals surface area contributed by atoms with Crippen molar-refractivity contribution in [3.63, 3.8) is 0 Å². The van der Waals surface area contributed by atoms with Gasteiger partial charge in [-0.15, -0.1) is 0 Å². The second-order valence-electron chi connectivity index (χ2n) is 18.0. The van der Waals surface area contributed by atoms with Gasteiger partial charge in [-0.1, -0.05) is 119 Å². The zero-order chi connectivity index (χ0) is 35.9. The SMILES string of the molecule is CC(C)CCCC(C)CCCC1CCC2C(=O)N(c3ccc(N4C(=O)C5CCC(CCCC(C)CCCC(C)C)CC5C4=O)cc3)C(=O)C2C1. The van der Waals surface area contributed by atoms with Crippen molar-refractivity contribution in [3.05, 3.63) is 24.3 Å². The molecule has 0 radical (unpaired) electrons. The van der Waals surface area contributed by atoms with Crippen LogP contribution in [0.25, 0.3) is 0 Å². The molecule has 2 heterocycles. The van der Waals surface area contributed by atoms with Crippen LogP contribution in [0.3, 0.4) is 0 Å². The maximum atomic E-state index is 13.7. The molecule has 4 fully saturated rings. The van der Waals surface area contributed by atoms with E-state index in [0.29, 0.717) is 23.2 Å². The monoisotopic (exact) mass is 689 g/mol. The molecular weight excluding hydrogens is 620 g/mol. The van der Waals surface area contributed by atoms with Gasteiger partial charge in [0.05, 0.1) is 35.0 Å². The number of benzene rings is 1. The topological polar surface area (TPSA) is 74.8 Å². The van der Waals surface area contributed by atoms with Crippen LogP contribution in [0.2, 0.25) is 0 Å². The molecule has 1 aromatic rings. The summed E-state index contributed by atoms with van der Waals surface area (Å²) >= 11 is 0. The Labute approximate surface area is 303 Å². The highest BCUT2D eigenvalue weighted by Gasteiger charge is 2.52. The minimum atomic E-state index is -0.227. The van der Waals surface area contributed by atoms with Gasteiger partial charge in [0.25, 0.3) is 0 Å². The van der Waals surface area contributed by atoms with Gasteiger partial charge in [0.15, 0.2) is 0 Å². The van der Waals surface area contributed by atoms with E-state index in [0.717, 1.165) is 75.0 Å². The molecule has 8 atom stereocenters. The minimum absolute atomic E-state index is 0.0742. The first-order chi connectivity index (χ1) is 23.9. The van der Waals surface area contributed by atoms with Crippen molar-refractivity contribution in [2.45, 2.75) is 157 Å². The number of carbonyl (C=O) groups excluding carboxylic acids is 4. The van der Waals surface area contributed by atoms with Crippen molar-refractivity contribution >= 4 is 35.0 Å². The Kier molecular flexibility index (Phi) is 13.8. The average Bonchev–Trinajstić information content (AvgIpc) is 3.47. The fraction of sp³-hybridized carbons (Fsp3) is 0.773. The summed E-state index contributed by atoms with van der Waals surface area (Å²) in [4.78, 5) is 57.2. The summed E-state index contributed by atoms with van der Waals surface area (Å²) in [5.41, 5.74) is 1.11. The summed E-state index contributed by atoms with van der Waals surface area (Å²) in [5.74, 6) is 2.85. The number of amides is 4. The smallest absolute Gasteiger partial charge is 0.237 e. The number of hydrogen-bond acceptors (Lipinski definition) is 4. The van der Waals surface area contributed by atoms with Crippen LogP contribution in [0, 0.1) is 59.2 Å². The van der Waals surface area contributed by atoms with Gasteiger partial charge < -0.3 is 0 Å². The number of rotatable bonds is 18. The highest BCUT2D eigenvalue weighted by molar-refractivity contribution is 6.23. The summed E-state index contributed by atoms with van der Waals surface area (Å²) < 4.78 is 0. The van der Waals surface area contributed by atoms with Crippen LogP contribution in [0.4, 0.5) is 11.4 Å². The largest absolute Gasteiger partial charge is 0.274 e. The number of fused-ring (bicyclic) bond motifs is 2. The molecule has 4 amide bonds. The van der Waals surface area contributed by atoms with Crippen LogP contribution in [0.1, 0.15) is 157 Å². The lowest BCUT2D eigenvalue weighted by Gasteiger charge is -2.29. The predicted octanol–water partition coefficient (Wildman–Crippen LogP) is 10.8. The van der Waals surface area contributed by atoms with E-state index in [1.165, 1.54) is 74.0 Å². The normalized spacial score (nSPS) is 28.2. The van der Waals surface area contributed by atoms with Gasteiger partial charge in [0.2, 0.25) is 23.6 Å². The molecule has 2 aliphatic carbocycles. The van der Waals surface area contributed by atoms with Crippen molar-refractivity contribution in [1.29, 1.82) is 0 Å². The van der Waals surface area contributed by atoms with Crippen molar-refractivity contribution in [2.75, 3.05) is 9.80 Å². The number of nitrogens with zero attached hydrogens (tertiary/aromatic N) is 2. The molecule has 5 rings (SSSR count). The van der Waals surface area contributed by atoms with E-state index in [1.54, 1.807) is 24.3 Å². The Hall–Kier alpha value is -2.50. The van der Waals surface area contributed by atoms with E-state index >= 15 is 0 Å². The minimum Gasteiger partial charge on any atom is -0.274 e. The first-order valence-corrected chi connectivity index (χ1v) is 20.8. The first kappa shape index (κ1) is 38.7.